The van der Waals surface area contributed by atoms with Gasteiger partial charge in [-0.05, 0) is 37.6 Å². The van der Waals surface area contributed by atoms with E-state index in [1.807, 2.05) is 0 Å². The summed E-state index contributed by atoms with van der Waals surface area (Å²) in [5.41, 5.74) is 3.90. The van der Waals surface area contributed by atoms with Crippen LogP contribution in [0.5, 0.6) is 0 Å². The Morgan fingerprint density at radius 3 is 1.95 bits per heavy atom. The second-order valence-corrected chi connectivity index (χ2v) is 6.09. The van der Waals surface area contributed by atoms with Gasteiger partial charge in [0, 0.05) is 17.9 Å². The maximum absolute atomic E-state index is 2.44. The first kappa shape index (κ1) is 16.6. The van der Waals surface area contributed by atoms with Crippen molar-refractivity contribution in [3.05, 3.63) is 60.2 Å². The second-order valence-electron chi connectivity index (χ2n) is 6.09. The van der Waals surface area contributed by atoms with Crippen molar-refractivity contribution in [2.24, 2.45) is 0 Å². The Bertz CT molecular complexity index is 515. The normalized spacial score (nSPS) is 10.6. The summed E-state index contributed by atoms with van der Waals surface area (Å²) in [5.74, 6) is 0. The Hall–Kier alpha value is -1.76. The Labute approximate surface area is 136 Å². The van der Waals surface area contributed by atoms with Crippen LogP contribution in [0.2, 0.25) is 0 Å². The van der Waals surface area contributed by atoms with E-state index >= 15 is 0 Å². The molecule has 0 radical (unpaired) electrons. The third kappa shape index (κ3) is 5.22. The molecule has 0 aliphatic carbocycles. The van der Waals surface area contributed by atoms with Gasteiger partial charge < -0.3 is 4.90 Å². The topological polar surface area (TPSA) is 3.24 Å². The molecule has 2 aromatic rings. The molecule has 0 unspecified atom stereocenters. The number of hydrogen-bond donors (Lipinski definition) is 0. The van der Waals surface area contributed by atoms with Crippen LogP contribution < -0.4 is 4.90 Å². The van der Waals surface area contributed by atoms with Crippen molar-refractivity contribution < 1.29 is 0 Å². The lowest BCUT2D eigenvalue weighted by molar-refractivity contribution is 0.609. The molecule has 1 nitrogen and oxygen atoms in total. The molecule has 22 heavy (non-hydrogen) atoms. The quantitative estimate of drug-likeness (QED) is 0.478. The van der Waals surface area contributed by atoms with Gasteiger partial charge in [0.25, 0.3) is 0 Å². The molecule has 0 atom stereocenters. The molecule has 0 N–H and O–H groups in total. The molecule has 0 spiro atoms. The van der Waals surface area contributed by atoms with Gasteiger partial charge in [-0.25, -0.2) is 0 Å². The standard InChI is InChI=1S/C21H29N/c1-3-4-5-6-7-11-18-22(20-12-9-8-10-13-20)21-16-14-19(2)15-17-21/h8-10,12-17H,3-7,11,18H2,1-2H3. The molecule has 0 saturated carbocycles. The van der Waals surface area contributed by atoms with Crippen molar-refractivity contribution in [3.63, 3.8) is 0 Å². The highest BCUT2D eigenvalue weighted by molar-refractivity contribution is 5.63. The van der Waals surface area contributed by atoms with E-state index in [-0.39, 0.29) is 0 Å². The van der Waals surface area contributed by atoms with Gasteiger partial charge in [-0.2, -0.15) is 0 Å². The summed E-state index contributed by atoms with van der Waals surface area (Å²) in [6.45, 7) is 5.51. The van der Waals surface area contributed by atoms with Crippen LogP contribution in [0.1, 0.15) is 51.0 Å². The average Bonchev–Trinajstić information content (AvgIpc) is 2.56. The van der Waals surface area contributed by atoms with Gasteiger partial charge in [0.15, 0.2) is 0 Å². The van der Waals surface area contributed by atoms with Crippen LogP contribution in [0.25, 0.3) is 0 Å². The van der Waals surface area contributed by atoms with Gasteiger partial charge in [0.05, 0.1) is 0 Å². The van der Waals surface area contributed by atoms with E-state index in [1.54, 1.807) is 0 Å². The molecule has 0 fully saturated rings. The van der Waals surface area contributed by atoms with E-state index in [2.05, 4.69) is 73.3 Å². The van der Waals surface area contributed by atoms with Crippen molar-refractivity contribution in [2.45, 2.75) is 52.4 Å². The highest BCUT2D eigenvalue weighted by Crippen LogP contribution is 2.26. The molecule has 118 valence electrons. The van der Waals surface area contributed by atoms with Gasteiger partial charge >= 0.3 is 0 Å². The number of nitrogens with zero attached hydrogens (tertiary/aromatic N) is 1. The van der Waals surface area contributed by atoms with E-state index in [9.17, 15) is 0 Å². The largest absolute Gasteiger partial charge is 0.341 e. The number of rotatable bonds is 9. The number of hydrogen-bond acceptors (Lipinski definition) is 1. The van der Waals surface area contributed by atoms with Gasteiger partial charge in [-0.1, -0.05) is 74.9 Å². The number of benzene rings is 2. The van der Waals surface area contributed by atoms with E-state index in [4.69, 9.17) is 0 Å². The van der Waals surface area contributed by atoms with Crippen molar-refractivity contribution in [1.29, 1.82) is 0 Å². The van der Waals surface area contributed by atoms with Crippen LogP contribution in [0.4, 0.5) is 11.4 Å². The van der Waals surface area contributed by atoms with Crippen LogP contribution in [0.15, 0.2) is 54.6 Å². The van der Waals surface area contributed by atoms with Gasteiger partial charge in [-0.15, -0.1) is 0 Å². The van der Waals surface area contributed by atoms with Crippen LogP contribution in [0, 0.1) is 6.92 Å². The lowest BCUT2D eigenvalue weighted by Crippen LogP contribution is -2.18. The summed E-state index contributed by atoms with van der Waals surface area (Å²) in [6.07, 6.45) is 8.03. The molecule has 0 heterocycles. The molecule has 0 bridgehead atoms. The predicted octanol–water partition coefficient (Wildman–Crippen LogP) is 6.49. The minimum Gasteiger partial charge on any atom is -0.341 e. The van der Waals surface area contributed by atoms with E-state index in [0.29, 0.717) is 0 Å². The Morgan fingerprint density at radius 2 is 1.27 bits per heavy atom. The van der Waals surface area contributed by atoms with Crippen molar-refractivity contribution in [3.8, 4) is 0 Å². The summed E-state index contributed by atoms with van der Waals surface area (Å²) in [7, 11) is 0. The number of anilines is 2. The maximum Gasteiger partial charge on any atom is 0.0410 e. The van der Waals surface area contributed by atoms with E-state index in [1.165, 1.54) is 55.5 Å². The first-order valence-corrected chi connectivity index (χ1v) is 8.70. The van der Waals surface area contributed by atoms with Crippen molar-refractivity contribution >= 4 is 11.4 Å². The molecular weight excluding hydrogens is 266 g/mol. The molecule has 0 aliphatic heterocycles. The zero-order valence-corrected chi connectivity index (χ0v) is 14.1. The molecule has 2 rings (SSSR count). The first-order chi connectivity index (χ1) is 10.8. The fraction of sp³-hybridized carbons (Fsp3) is 0.429. The summed E-state index contributed by atoms with van der Waals surface area (Å²) in [6, 6.07) is 19.6. The molecule has 0 aliphatic rings. The van der Waals surface area contributed by atoms with Gasteiger partial charge in [0.2, 0.25) is 0 Å². The minimum absolute atomic E-state index is 1.10. The zero-order chi connectivity index (χ0) is 15.6. The van der Waals surface area contributed by atoms with Crippen LogP contribution >= 0.6 is 0 Å². The number of para-hydroxylation sites is 1. The molecule has 1 heteroatoms. The second kappa shape index (κ2) is 9.30. The van der Waals surface area contributed by atoms with Crippen LogP contribution in [-0.4, -0.2) is 6.54 Å². The highest BCUT2D eigenvalue weighted by atomic mass is 15.1. The molecular formula is C21H29N. The van der Waals surface area contributed by atoms with Crippen LogP contribution in [0.3, 0.4) is 0 Å². The SMILES string of the molecule is CCCCCCCCN(c1ccccc1)c1ccc(C)cc1. The molecule has 0 amide bonds. The van der Waals surface area contributed by atoms with Crippen molar-refractivity contribution in [1.82, 2.24) is 0 Å². The van der Waals surface area contributed by atoms with Crippen molar-refractivity contribution in [2.75, 3.05) is 11.4 Å². The molecule has 0 saturated heterocycles. The Balaban J connectivity index is 1.98. The summed E-state index contributed by atoms with van der Waals surface area (Å²) >= 11 is 0. The average molecular weight is 295 g/mol. The maximum atomic E-state index is 2.44. The summed E-state index contributed by atoms with van der Waals surface area (Å²) in [4.78, 5) is 2.44. The number of unbranched alkanes of at least 4 members (excludes halogenated alkanes) is 5. The van der Waals surface area contributed by atoms with Gasteiger partial charge in [-0.3, -0.25) is 0 Å². The smallest absolute Gasteiger partial charge is 0.0410 e. The fourth-order valence-electron chi connectivity index (χ4n) is 2.79. The van der Waals surface area contributed by atoms with Gasteiger partial charge in [0.1, 0.15) is 0 Å². The summed E-state index contributed by atoms with van der Waals surface area (Å²) < 4.78 is 0. The molecule has 0 aromatic heterocycles. The lowest BCUT2D eigenvalue weighted by atomic mass is 10.1. The fourth-order valence-corrected chi connectivity index (χ4v) is 2.79. The van der Waals surface area contributed by atoms with Crippen LogP contribution in [-0.2, 0) is 0 Å². The lowest BCUT2D eigenvalue weighted by Gasteiger charge is -2.25. The Kier molecular flexibility index (Phi) is 7.02. The van der Waals surface area contributed by atoms with E-state index in [0.717, 1.165) is 6.54 Å². The highest BCUT2D eigenvalue weighted by Gasteiger charge is 2.08. The minimum atomic E-state index is 1.10. The monoisotopic (exact) mass is 295 g/mol. The zero-order valence-electron chi connectivity index (χ0n) is 14.1. The van der Waals surface area contributed by atoms with E-state index < -0.39 is 0 Å². The first-order valence-electron chi connectivity index (χ1n) is 8.70. The third-order valence-electron chi connectivity index (χ3n) is 4.15. The Morgan fingerprint density at radius 1 is 0.682 bits per heavy atom. The number of aryl methyl sites for hydroxylation is 1. The third-order valence-corrected chi connectivity index (χ3v) is 4.15. The molecule has 2 aromatic carbocycles. The predicted molar refractivity (Wildman–Crippen MR) is 98.0 cm³/mol. The summed E-state index contributed by atoms with van der Waals surface area (Å²) in [5, 5.41) is 0.